The molecule has 19 heavy (non-hydrogen) atoms. The standard InChI is InChI=1S/C16H22ClNO/c1-12-4-3-7-16(9-12)11-19-15(10-18-16)13-5-2-6-14(17)8-13/h2,5-6,8,12,15,18H,3-4,7,9-11H2,1H3. The van der Waals surface area contributed by atoms with Gasteiger partial charge in [0.2, 0.25) is 0 Å². The summed E-state index contributed by atoms with van der Waals surface area (Å²) < 4.78 is 6.14. The van der Waals surface area contributed by atoms with Gasteiger partial charge in [-0.05, 0) is 36.5 Å². The molecule has 1 heterocycles. The van der Waals surface area contributed by atoms with Gasteiger partial charge in [0.1, 0.15) is 0 Å². The summed E-state index contributed by atoms with van der Waals surface area (Å²) in [4.78, 5) is 0. The zero-order valence-electron chi connectivity index (χ0n) is 11.5. The van der Waals surface area contributed by atoms with Crippen molar-refractivity contribution in [3.05, 3.63) is 34.9 Å². The van der Waals surface area contributed by atoms with E-state index in [1.54, 1.807) is 0 Å². The average Bonchev–Trinajstić information content (AvgIpc) is 2.39. The molecule has 1 saturated heterocycles. The maximum Gasteiger partial charge on any atom is 0.0950 e. The molecule has 2 aliphatic rings. The molecule has 0 radical (unpaired) electrons. The lowest BCUT2D eigenvalue weighted by Crippen LogP contribution is -2.56. The Hall–Kier alpha value is -0.570. The van der Waals surface area contributed by atoms with Crippen LogP contribution in [0.5, 0.6) is 0 Å². The second-order valence-corrected chi connectivity index (χ2v) is 6.65. The van der Waals surface area contributed by atoms with Gasteiger partial charge in [-0.15, -0.1) is 0 Å². The Bertz CT molecular complexity index is 440. The van der Waals surface area contributed by atoms with E-state index in [1.807, 2.05) is 18.2 Å². The van der Waals surface area contributed by atoms with Crippen LogP contribution in [-0.2, 0) is 4.74 Å². The topological polar surface area (TPSA) is 21.3 Å². The van der Waals surface area contributed by atoms with Crippen molar-refractivity contribution in [2.24, 2.45) is 5.92 Å². The normalized spacial score (nSPS) is 35.5. The third-order valence-electron chi connectivity index (χ3n) is 4.54. The minimum Gasteiger partial charge on any atom is -0.370 e. The van der Waals surface area contributed by atoms with Crippen molar-refractivity contribution in [1.82, 2.24) is 5.32 Å². The van der Waals surface area contributed by atoms with E-state index in [0.29, 0.717) is 0 Å². The molecule has 3 atom stereocenters. The van der Waals surface area contributed by atoms with E-state index in [1.165, 1.54) is 31.2 Å². The van der Waals surface area contributed by atoms with Gasteiger partial charge in [-0.1, -0.05) is 43.5 Å². The van der Waals surface area contributed by atoms with Crippen LogP contribution in [0.3, 0.4) is 0 Å². The van der Waals surface area contributed by atoms with E-state index in [2.05, 4.69) is 18.3 Å². The molecule has 2 nitrogen and oxygen atoms in total. The van der Waals surface area contributed by atoms with E-state index >= 15 is 0 Å². The van der Waals surface area contributed by atoms with Gasteiger partial charge in [0.25, 0.3) is 0 Å². The monoisotopic (exact) mass is 279 g/mol. The molecule has 0 amide bonds. The molecule has 2 fully saturated rings. The van der Waals surface area contributed by atoms with E-state index in [-0.39, 0.29) is 11.6 Å². The predicted molar refractivity (Wildman–Crippen MR) is 78.5 cm³/mol. The van der Waals surface area contributed by atoms with Gasteiger partial charge in [-0.25, -0.2) is 0 Å². The fourth-order valence-electron chi connectivity index (χ4n) is 3.55. The summed E-state index contributed by atoms with van der Waals surface area (Å²) in [6.45, 7) is 4.08. The van der Waals surface area contributed by atoms with Crippen molar-refractivity contribution in [3.8, 4) is 0 Å². The first kappa shape index (κ1) is 13.4. The number of morpholine rings is 1. The summed E-state index contributed by atoms with van der Waals surface area (Å²) in [5.41, 5.74) is 1.41. The molecule has 3 rings (SSSR count). The number of hydrogen-bond donors (Lipinski definition) is 1. The third kappa shape index (κ3) is 2.96. The number of halogens is 1. The maximum atomic E-state index is 6.14. The lowest BCUT2D eigenvalue weighted by molar-refractivity contribution is -0.0527. The highest BCUT2D eigenvalue weighted by Crippen LogP contribution is 2.36. The molecular formula is C16H22ClNO. The van der Waals surface area contributed by atoms with E-state index < -0.39 is 0 Å². The van der Waals surface area contributed by atoms with Crippen LogP contribution >= 0.6 is 11.6 Å². The number of rotatable bonds is 1. The van der Waals surface area contributed by atoms with Crippen molar-refractivity contribution in [2.75, 3.05) is 13.2 Å². The minimum absolute atomic E-state index is 0.140. The largest absolute Gasteiger partial charge is 0.370 e. The van der Waals surface area contributed by atoms with Crippen LogP contribution in [-0.4, -0.2) is 18.7 Å². The summed E-state index contributed by atoms with van der Waals surface area (Å²) in [7, 11) is 0. The number of ether oxygens (including phenoxy) is 1. The second kappa shape index (κ2) is 5.43. The Kier molecular flexibility index (Phi) is 3.84. The number of nitrogens with one attached hydrogen (secondary N) is 1. The highest BCUT2D eigenvalue weighted by atomic mass is 35.5. The number of benzene rings is 1. The molecule has 3 unspecified atom stereocenters. The molecule has 0 bridgehead atoms. The van der Waals surface area contributed by atoms with Crippen LogP contribution in [0.15, 0.2) is 24.3 Å². The second-order valence-electron chi connectivity index (χ2n) is 6.22. The lowest BCUT2D eigenvalue weighted by Gasteiger charge is -2.45. The summed E-state index contributed by atoms with van der Waals surface area (Å²) in [6, 6.07) is 8.01. The van der Waals surface area contributed by atoms with E-state index in [9.17, 15) is 0 Å². The Morgan fingerprint density at radius 3 is 3.00 bits per heavy atom. The molecule has 1 aliphatic heterocycles. The third-order valence-corrected chi connectivity index (χ3v) is 4.77. The molecule has 1 saturated carbocycles. The first-order chi connectivity index (χ1) is 9.17. The molecule has 1 aromatic carbocycles. The van der Waals surface area contributed by atoms with Crippen molar-refractivity contribution >= 4 is 11.6 Å². The average molecular weight is 280 g/mol. The first-order valence-corrected chi connectivity index (χ1v) is 7.67. The quantitative estimate of drug-likeness (QED) is 0.840. The van der Waals surface area contributed by atoms with E-state index in [4.69, 9.17) is 16.3 Å². The molecule has 1 N–H and O–H groups in total. The highest BCUT2D eigenvalue weighted by molar-refractivity contribution is 6.30. The summed E-state index contributed by atoms with van der Waals surface area (Å²) in [5, 5.41) is 4.55. The molecule has 1 aromatic rings. The van der Waals surface area contributed by atoms with Gasteiger partial charge in [0, 0.05) is 17.1 Å². The SMILES string of the molecule is CC1CCCC2(COC(c3cccc(Cl)c3)CN2)C1. The van der Waals surface area contributed by atoms with Crippen molar-refractivity contribution in [1.29, 1.82) is 0 Å². The van der Waals surface area contributed by atoms with Gasteiger partial charge in [0.15, 0.2) is 0 Å². The lowest BCUT2D eigenvalue weighted by atomic mass is 9.76. The van der Waals surface area contributed by atoms with Gasteiger partial charge in [0.05, 0.1) is 12.7 Å². The van der Waals surface area contributed by atoms with Crippen LogP contribution < -0.4 is 5.32 Å². The zero-order valence-corrected chi connectivity index (χ0v) is 12.2. The molecular weight excluding hydrogens is 258 g/mol. The summed E-state index contributed by atoms with van der Waals surface area (Å²) in [6.07, 6.45) is 5.32. The Morgan fingerprint density at radius 2 is 2.32 bits per heavy atom. The van der Waals surface area contributed by atoms with Crippen molar-refractivity contribution < 1.29 is 4.74 Å². The number of hydrogen-bond acceptors (Lipinski definition) is 2. The van der Waals surface area contributed by atoms with Crippen LogP contribution in [0.4, 0.5) is 0 Å². The van der Waals surface area contributed by atoms with Gasteiger partial charge >= 0.3 is 0 Å². The van der Waals surface area contributed by atoms with Crippen LogP contribution in [0, 0.1) is 5.92 Å². The Balaban J connectivity index is 1.66. The summed E-state index contributed by atoms with van der Waals surface area (Å²) >= 11 is 6.05. The van der Waals surface area contributed by atoms with Crippen LogP contribution in [0.2, 0.25) is 5.02 Å². The summed E-state index contributed by atoms with van der Waals surface area (Å²) in [5.74, 6) is 0.813. The van der Waals surface area contributed by atoms with Gasteiger partial charge in [-0.2, -0.15) is 0 Å². The van der Waals surface area contributed by atoms with Gasteiger partial charge in [-0.3, -0.25) is 0 Å². The predicted octanol–water partition coefficient (Wildman–Crippen LogP) is 3.95. The zero-order chi connectivity index (χ0) is 13.3. The maximum absolute atomic E-state index is 6.14. The Morgan fingerprint density at radius 1 is 1.42 bits per heavy atom. The van der Waals surface area contributed by atoms with Crippen molar-refractivity contribution in [2.45, 2.75) is 44.2 Å². The molecule has 0 aromatic heterocycles. The fraction of sp³-hybridized carbons (Fsp3) is 0.625. The minimum atomic E-state index is 0.140. The molecule has 104 valence electrons. The molecule has 1 spiro atoms. The van der Waals surface area contributed by atoms with E-state index in [0.717, 1.165) is 24.1 Å². The smallest absolute Gasteiger partial charge is 0.0950 e. The fourth-order valence-corrected chi connectivity index (χ4v) is 3.75. The molecule has 1 aliphatic carbocycles. The van der Waals surface area contributed by atoms with Gasteiger partial charge < -0.3 is 10.1 Å². The van der Waals surface area contributed by atoms with Crippen LogP contribution in [0.1, 0.15) is 44.3 Å². The van der Waals surface area contributed by atoms with Crippen molar-refractivity contribution in [3.63, 3.8) is 0 Å². The Labute approximate surface area is 120 Å². The molecule has 3 heteroatoms. The highest BCUT2D eigenvalue weighted by Gasteiger charge is 2.39. The van der Waals surface area contributed by atoms with Crippen LogP contribution in [0.25, 0.3) is 0 Å². The first-order valence-electron chi connectivity index (χ1n) is 7.29.